The van der Waals surface area contributed by atoms with Crippen LogP contribution in [0.15, 0.2) is 51.0 Å². The van der Waals surface area contributed by atoms with Gasteiger partial charge >= 0.3 is 0 Å². The van der Waals surface area contributed by atoms with Crippen LogP contribution in [0.1, 0.15) is 22.8 Å². The largest absolute Gasteiger partial charge is 0.287 e. The summed E-state index contributed by atoms with van der Waals surface area (Å²) in [6.45, 7) is 3.56. The van der Waals surface area contributed by atoms with Gasteiger partial charge in [-0.05, 0) is 37.6 Å². The van der Waals surface area contributed by atoms with Crippen molar-refractivity contribution in [1.82, 2.24) is 0 Å². The number of halogens is 2. The van der Waals surface area contributed by atoms with Crippen LogP contribution in [0, 0.1) is 6.92 Å². The smallest absolute Gasteiger partial charge is 0.277 e. The van der Waals surface area contributed by atoms with Gasteiger partial charge in [0.25, 0.3) is 5.91 Å². The van der Waals surface area contributed by atoms with E-state index in [0.29, 0.717) is 16.8 Å². The van der Waals surface area contributed by atoms with Crippen molar-refractivity contribution in [3.63, 3.8) is 0 Å². The molecule has 0 fully saturated rings. The third-order valence-electron chi connectivity index (χ3n) is 2.91. The minimum atomic E-state index is -0.451. The number of hydrogen-bond acceptors (Lipinski definition) is 2. The standard InChI is InChI=1S/C15H11Cl2NO2/c1-8-3-5-10(6-4-8)15(20)18-12-7-11(16)14(19)13(17)9(12)2/h3-7H,1-2H3. The lowest BCUT2D eigenvalue weighted by Crippen LogP contribution is -2.14. The average molecular weight is 308 g/mol. The van der Waals surface area contributed by atoms with Gasteiger partial charge in [0.05, 0.1) is 15.8 Å². The van der Waals surface area contributed by atoms with Crippen molar-refractivity contribution in [2.75, 3.05) is 0 Å². The molecule has 0 unspecified atom stereocenters. The highest BCUT2D eigenvalue weighted by Gasteiger charge is 2.23. The van der Waals surface area contributed by atoms with E-state index in [1.165, 1.54) is 6.08 Å². The molecule has 1 aliphatic rings. The fourth-order valence-electron chi connectivity index (χ4n) is 1.67. The monoisotopic (exact) mass is 307 g/mol. The number of aryl methyl sites for hydroxylation is 1. The molecule has 0 saturated heterocycles. The van der Waals surface area contributed by atoms with E-state index < -0.39 is 11.7 Å². The van der Waals surface area contributed by atoms with E-state index in [1.54, 1.807) is 19.1 Å². The number of hydrogen-bond donors (Lipinski definition) is 0. The molecule has 0 heterocycles. The van der Waals surface area contributed by atoms with E-state index in [4.69, 9.17) is 23.2 Å². The van der Waals surface area contributed by atoms with Crippen LogP contribution in [-0.4, -0.2) is 17.4 Å². The number of carbonyl (C=O) groups excluding carboxylic acids is 2. The second-order valence-corrected chi connectivity index (χ2v) is 5.21. The lowest BCUT2D eigenvalue weighted by molar-refractivity contribution is -0.111. The van der Waals surface area contributed by atoms with Gasteiger partial charge in [-0.1, -0.05) is 40.9 Å². The van der Waals surface area contributed by atoms with E-state index >= 15 is 0 Å². The summed E-state index contributed by atoms with van der Waals surface area (Å²) >= 11 is 11.6. The van der Waals surface area contributed by atoms with E-state index in [9.17, 15) is 9.59 Å². The second kappa shape index (κ2) is 5.73. The number of rotatable bonds is 1. The molecule has 1 aliphatic carbocycles. The highest BCUT2D eigenvalue weighted by Crippen LogP contribution is 2.25. The van der Waals surface area contributed by atoms with Crippen molar-refractivity contribution in [3.05, 3.63) is 57.1 Å². The molecule has 20 heavy (non-hydrogen) atoms. The number of aliphatic imine (C=N–C) groups is 1. The normalized spacial score (nSPS) is 17.5. The zero-order chi connectivity index (χ0) is 14.9. The fraction of sp³-hybridized carbons (Fsp3) is 0.133. The van der Waals surface area contributed by atoms with E-state index in [1.807, 2.05) is 19.1 Å². The summed E-state index contributed by atoms with van der Waals surface area (Å²) in [5, 5.41) is -0.0518. The van der Waals surface area contributed by atoms with Gasteiger partial charge in [0, 0.05) is 5.56 Å². The summed E-state index contributed by atoms with van der Waals surface area (Å²) in [6.07, 6.45) is 1.36. The van der Waals surface area contributed by atoms with Crippen LogP contribution in [0.4, 0.5) is 0 Å². The number of Topliss-reactive ketones (excluding diaryl/α,β-unsaturated/α-hetero) is 1. The first-order valence-corrected chi connectivity index (χ1v) is 6.64. The molecule has 0 aromatic heterocycles. The van der Waals surface area contributed by atoms with Gasteiger partial charge in [0.1, 0.15) is 0 Å². The van der Waals surface area contributed by atoms with Crippen LogP contribution in [0.25, 0.3) is 0 Å². The molecule has 2 rings (SSSR count). The topological polar surface area (TPSA) is 46.5 Å². The molecule has 0 N–H and O–H groups in total. The van der Waals surface area contributed by atoms with Gasteiger partial charge in [0.2, 0.25) is 5.78 Å². The molecule has 3 nitrogen and oxygen atoms in total. The molecule has 0 spiro atoms. The predicted molar refractivity (Wildman–Crippen MR) is 80.4 cm³/mol. The lowest BCUT2D eigenvalue weighted by atomic mass is 10.0. The second-order valence-electron chi connectivity index (χ2n) is 4.43. The minimum absolute atomic E-state index is 0.00652. The van der Waals surface area contributed by atoms with Crippen molar-refractivity contribution in [1.29, 1.82) is 0 Å². The molecule has 5 heteroatoms. The zero-order valence-electron chi connectivity index (χ0n) is 10.9. The number of carbonyl (C=O) groups is 2. The van der Waals surface area contributed by atoms with Crippen LogP contribution in [0.2, 0.25) is 0 Å². The number of nitrogens with zero attached hydrogens (tertiary/aromatic N) is 1. The zero-order valence-corrected chi connectivity index (χ0v) is 12.4. The summed E-state index contributed by atoms with van der Waals surface area (Å²) in [7, 11) is 0. The first-order chi connectivity index (χ1) is 9.40. The number of amides is 1. The Bertz CT molecular complexity index is 682. The fourth-order valence-corrected chi connectivity index (χ4v) is 2.11. The maximum Gasteiger partial charge on any atom is 0.277 e. The molecule has 1 aromatic carbocycles. The molecular formula is C15H11Cl2NO2. The SMILES string of the molecule is CC1=C(Cl)C(=O)C(Cl)=CC1=NC(=O)c1ccc(C)cc1. The van der Waals surface area contributed by atoms with Crippen LogP contribution in [0.3, 0.4) is 0 Å². The highest BCUT2D eigenvalue weighted by atomic mass is 35.5. The van der Waals surface area contributed by atoms with Crippen molar-refractivity contribution in [2.45, 2.75) is 13.8 Å². The summed E-state index contributed by atoms with van der Waals surface area (Å²) in [6, 6.07) is 7.05. The van der Waals surface area contributed by atoms with Gasteiger partial charge < -0.3 is 0 Å². The van der Waals surface area contributed by atoms with E-state index in [2.05, 4.69) is 4.99 Å². The third kappa shape index (κ3) is 2.89. The van der Waals surface area contributed by atoms with Crippen molar-refractivity contribution in [2.24, 2.45) is 4.99 Å². The molecular weight excluding hydrogens is 297 g/mol. The quantitative estimate of drug-likeness (QED) is 0.741. The summed E-state index contributed by atoms with van der Waals surface area (Å²) in [4.78, 5) is 27.6. The predicted octanol–water partition coefficient (Wildman–Crippen LogP) is 3.79. The number of benzene rings is 1. The van der Waals surface area contributed by atoms with Crippen molar-refractivity contribution in [3.8, 4) is 0 Å². The molecule has 0 bridgehead atoms. The van der Waals surface area contributed by atoms with Crippen LogP contribution in [0.5, 0.6) is 0 Å². The Morgan fingerprint density at radius 3 is 2.30 bits per heavy atom. The maximum absolute atomic E-state index is 12.1. The van der Waals surface area contributed by atoms with E-state index in [-0.39, 0.29) is 10.1 Å². The molecule has 0 saturated carbocycles. The molecule has 1 amide bonds. The summed E-state index contributed by atoms with van der Waals surface area (Å²) in [5.74, 6) is -0.855. The average Bonchev–Trinajstić information content (AvgIpc) is 2.43. The van der Waals surface area contributed by atoms with Crippen molar-refractivity contribution >= 4 is 40.6 Å². The Kier molecular flexibility index (Phi) is 4.21. The Hall–Kier alpha value is -1.71. The Balaban J connectivity index is 2.38. The van der Waals surface area contributed by atoms with Gasteiger partial charge in [0.15, 0.2) is 0 Å². The summed E-state index contributed by atoms with van der Waals surface area (Å²) < 4.78 is 0. The van der Waals surface area contributed by atoms with E-state index in [0.717, 1.165) is 5.56 Å². The molecule has 0 radical (unpaired) electrons. The lowest BCUT2D eigenvalue weighted by Gasteiger charge is -2.11. The first-order valence-electron chi connectivity index (χ1n) is 5.88. The summed E-state index contributed by atoms with van der Waals surface area (Å²) in [5.41, 5.74) is 2.28. The minimum Gasteiger partial charge on any atom is -0.287 e. The van der Waals surface area contributed by atoms with Crippen LogP contribution in [-0.2, 0) is 4.79 Å². The van der Waals surface area contributed by atoms with Gasteiger partial charge in [-0.25, -0.2) is 4.99 Å². The van der Waals surface area contributed by atoms with Gasteiger partial charge in [-0.3, -0.25) is 9.59 Å². The van der Waals surface area contributed by atoms with Gasteiger partial charge in [-0.2, -0.15) is 0 Å². The first kappa shape index (κ1) is 14.7. The Labute approximate surface area is 126 Å². The van der Waals surface area contributed by atoms with Crippen LogP contribution < -0.4 is 0 Å². The highest BCUT2D eigenvalue weighted by molar-refractivity contribution is 6.58. The Morgan fingerprint density at radius 1 is 1.10 bits per heavy atom. The molecule has 102 valence electrons. The molecule has 0 aliphatic heterocycles. The number of ketones is 1. The van der Waals surface area contributed by atoms with Crippen molar-refractivity contribution < 1.29 is 9.59 Å². The maximum atomic E-state index is 12.1. The van der Waals surface area contributed by atoms with Gasteiger partial charge in [-0.15, -0.1) is 0 Å². The molecule has 0 atom stereocenters. The Morgan fingerprint density at radius 2 is 1.70 bits per heavy atom. The van der Waals surface area contributed by atoms with Crippen LogP contribution >= 0.6 is 23.2 Å². The molecule has 1 aromatic rings. The third-order valence-corrected chi connectivity index (χ3v) is 3.65. The number of allylic oxidation sites excluding steroid dienone is 4.